The molecule has 1 aromatic carbocycles. The van der Waals surface area contributed by atoms with Crippen molar-refractivity contribution in [2.75, 3.05) is 70.3 Å². The predicted octanol–water partition coefficient (Wildman–Crippen LogP) is 1.07. The van der Waals surface area contributed by atoms with E-state index < -0.39 is 0 Å². The molecule has 0 N–H and O–H groups in total. The molecule has 0 radical (unpaired) electrons. The summed E-state index contributed by atoms with van der Waals surface area (Å²) in [5.74, 6) is 2.01. The molecule has 0 spiro atoms. The number of nitrogens with zero attached hydrogens (tertiary/aromatic N) is 10. The molecule has 6 heterocycles. The number of aryl methyl sites for hydroxylation is 2. The van der Waals surface area contributed by atoms with Gasteiger partial charge in [-0.05, 0) is 31.0 Å². The summed E-state index contributed by atoms with van der Waals surface area (Å²) in [5, 5.41) is 8.25. The molecule has 7 rings (SSSR count). The number of carbonyl (C=O) groups is 2. The van der Waals surface area contributed by atoms with E-state index in [9.17, 15) is 9.59 Å². The zero-order valence-electron chi connectivity index (χ0n) is 25.5. The van der Waals surface area contributed by atoms with Crippen LogP contribution in [0.25, 0.3) is 0 Å². The number of anilines is 1. The van der Waals surface area contributed by atoms with Gasteiger partial charge in [-0.2, -0.15) is 10.2 Å². The van der Waals surface area contributed by atoms with Crippen molar-refractivity contribution < 1.29 is 9.59 Å². The standard InChI is InChI=1S/C19H25N5O.C12H19N5O/c1-21-18(7-8-20-21)15-22-13-16(14-22)19(25)24-11-9-23(10-12-24)17-5-3-2-4-6-17;1-15-11(13-9-14-15)8-16-6-10(7-16)12(18)17-4-2-3-5-17/h2-8,16H,9-15H2,1H3;9-10H,2-8H2,1H3. The summed E-state index contributed by atoms with van der Waals surface area (Å²) in [6.45, 7) is 10.5. The molecule has 2 aromatic heterocycles. The molecule has 2 amide bonds. The molecule has 12 nitrogen and oxygen atoms in total. The van der Waals surface area contributed by atoms with Crippen molar-refractivity contribution in [3.05, 3.63) is 60.4 Å². The summed E-state index contributed by atoms with van der Waals surface area (Å²) >= 11 is 0. The van der Waals surface area contributed by atoms with Gasteiger partial charge >= 0.3 is 0 Å². The van der Waals surface area contributed by atoms with E-state index in [1.54, 1.807) is 11.0 Å². The SMILES string of the molecule is Cn1nccc1CN1CC(C(=O)N2CCN(c3ccccc3)CC2)C1.Cn1ncnc1CN1CC(C(=O)N2CCCC2)C1. The van der Waals surface area contributed by atoms with Crippen LogP contribution in [0, 0.1) is 11.8 Å². The van der Waals surface area contributed by atoms with Crippen LogP contribution in [0.5, 0.6) is 0 Å². The van der Waals surface area contributed by atoms with Gasteiger partial charge in [-0.15, -0.1) is 0 Å². The molecule has 0 unspecified atom stereocenters. The molecule has 4 aliphatic heterocycles. The van der Waals surface area contributed by atoms with Crippen molar-refractivity contribution in [1.82, 2.24) is 44.1 Å². The minimum atomic E-state index is 0.163. The number of para-hydroxylation sites is 1. The smallest absolute Gasteiger partial charge is 0.228 e. The number of hydrogen-bond acceptors (Lipinski definition) is 8. The van der Waals surface area contributed by atoms with Crippen LogP contribution < -0.4 is 4.90 Å². The Bertz CT molecular complexity index is 1350. The Kier molecular flexibility index (Phi) is 9.03. The van der Waals surface area contributed by atoms with E-state index in [1.165, 1.54) is 24.2 Å². The first-order valence-corrected chi connectivity index (χ1v) is 15.6. The van der Waals surface area contributed by atoms with Crippen molar-refractivity contribution in [1.29, 1.82) is 0 Å². The lowest BCUT2D eigenvalue weighted by atomic mass is 9.97. The maximum absolute atomic E-state index is 12.7. The van der Waals surface area contributed by atoms with Gasteiger partial charge in [0.05, 0.1) is 24.1 Å². The fourth-order valence-electron chi connectivity index (χ4n) is 6.44. The number of piperazine rings is 1. The second kappa shape index (κ2) is 13.3. The maximum Gasteiger partial charge on any atom is 0.228 e. The summed E-state index contributed by atoms with van der Waals surface area (Å²) in [6, 6.07) is 12.5. The summed E-state index contributed by atoms with van der Waals surface area (Å²) in [5.41, 5.74) is 2.45. The van der Waals surface area contributed by atoms with Crippen molar-refractivity contribution >= 4 is 17.5 Å². The second-order valence-electron chi connectivity index (χ2n) is 12.2. The van der Waals surface area contributed by atoms with Crippen molar-refractivity contribution in [2.45, 2.75) is 25.9 Å². The van der Waals surface area contributed by atoms with Crippen LogP contribution in [-0.2, 0) is 36.8 Å². The molecular weight excluding hydrogens is 544 g/mol. The first-order chi connectivity index (χ1) is 20.9. The van der Waals surface area contributed by atoms with Crippen LogP contribution in [0.4, 0.5) is 5.69 Å². The molecule has 0 saturated carbocycles. The molecule has 3 aromatic rings. The Balaban J connectivity index is 0.000000162. The van der Waals surface area contributed by atoms with Crippen LogP contribution in [0.1, 0.15) is 24.4 Å². The number of rotatable bonds is 7. The molecule has 4 aliphatic rings. The minimum absolute atomic E-state index is 0.163. The summed E-state index contributed by atoms with van der Waals surface area (Å²) in [4.78, 5) is 40.0. The molecule has 4 saturated heterocycles. The molecule has 12 heteroatoms. The minimum Gasteiger partial charge on any atom is -0.368 e. The van der Waals surface area contributed by atoms with Crippen molar-refractivity contribution in [3.8, 4) is 0 Å². The summed E-state index contributed by atoms with van der Waals surface area (Å²) in [6.07, 6.45) is 5.73. The van der Waals surface area contributed by atoms with E-state index in [0.717, 1.165) is 84.4 Å². The van der Waals surface area contributed by atoms with E-state index in [2.05, 4.69) is 54.1 Å². The Morgan fingerprint density at radius 2 is 1.33 bits per heavy atom. The van der Waals surface area contributed by atoms with Crippen LogP contribution in [0.3, 0.4) is 0 Å². The number of likely N-dealkylation sites (tertiary alicyclic amines) is 3. The zero-order chi connectivity index (χ0) is 29.8. The van der Waals surface area contributed by atoms with Gasteiger partial charge in [-0.1, -0.05) is 18.2 Å². The van der Waals surface area contributed by atoms with Gasteiger partial charge in [-0.3, -0.25) is 28.8 Å². The van der Waals surface area contributed by atoms with Gasteiger partial charge in [0.2, 0.25) is 11.8 Å². The number of benzene rings is 1. The van der Waals surface area contributed by atoms with E-state index in [0.29, 0.717) is 11.8 Å². The van der Waals surface area contributed by atoms with Gasteiger partial charge in [0.1, 0.15) is 12.2 Å². The lowest BCUT2D eigenvalue weighted by Gasteiger charge is -2.43. The topological polar surface area (TPSA) is 98.9 Å². The Labute approximate surface area is 253 Å². The largest absolute Gasteiger partial charge is 0.368 e. The van der Waals surface area contributed by atoms with Crippen molar-refractivity contribution in [2.24, 2.45) is 25.9 Å². The van der Waals surface area contributed by atoms with Gasteiger partial charge in [0.25, 0.3) is 0 Å². The van der Waals surface area contributed by atoms with Crippen LogP contribution >= 0.6 is 0 Å². The number of amides is 2. The molecular formula is C31H44N10O2. The van der Waals surface area contributed by atoms with Crippen LogP contribution in [-0.4, -0.2) is 121 Å². The van der Waals surface area contributed by atoms with Crippen LogP contribution in [0.15, 0.2) is 48.9 Å². The first-order valence-electron chi connectivity index (χ1n) is 15.6. The third-order valence-corrected chi connectivity index (χ3v) is 9.22. The van der Waals surface area contributed by atoms with E-state index >= 15 is 0 Å². The fourth-order valence-corrected chi connectivity index (χ4v) is 6.44. The molecule has 4 fully saturated rings. The number of hydrogen-bond donors (Lipinski definition) is 0. The van der Waals surface area contributed by atoms with Gasteiger partial charge in [0.15, 0.2) is 0 Å². The molecule has 43 heavy (non-hydrogen) atoms. The van der Waals surface area contributed by atoms with Gasteiger partial charge in [-0.25, -0.2) is 4.98 Å². The maximum atomic E-state index is 12.7. The predicted molar refractivity (Wildman–Crippen MR) is 163 cm³/mol. The lowest BCUT2D eigenvalue weighted by Crippen LogP contribution is -2.57. The van der Waals surface area contributed by atoms with E-state index in [1.807, 2.05) is 46.9 Å². The Hall–Kier alpha value is -3.77. The summed E-state index contributed by atoms with van der Waals surface area (Å²) < 4.78 is 3.69. The molecule has 0 atom stereocenters. The third kappa shape index (κ3) is 6.91. The van der Waals surface area contributed by atoms with E-state index in [4.69, 9.17) is 0 Å². The highest BCUT2D eigenvalue weighted by atomic mass is 16.2. The molecule has 0 bridgehead atoms. The number of aromatic nitrogens is 5. The highest BCUT2D eigenvalue weighted by molar-refractivity contribution is 5.81. The monoisotopic (exact) mass is 588 g/mol. The van der Waals surface area contributed by atoms with Gasteiger partial charge in [0, 0.05) is 98.0 Å². The van der Waals surface area contributed by atoms with Crippen LogP contribution in [0.2, 0.25) is 0 Å². The second-order valence-corrected chi connectivity index (χ2v) is 12.2. The normalized spacial score (nSPS) is 20.0. The third-order valence-electron chi connectivity index (χ3n) is 9.22. The lowest BCUT2D eigenvalue weighted by molar-refractivity contribution is -0.142. The Morgan fingerprint density at radius 1 is 0.721 bits per heavy atom. The first kappa shape index (κ1) is 29.3. The highest BCUT2D eigenvalue weighted by Gasteiger charge is 2.37. The average molecular weight is 589 g/mol. The fraction of sp³-hybridized carbons (Fsp3) is 0.581. The molecule has 0 aliphatic carbocycles. The van der Waals surface area contributed by atoms with Crippen molar-refractivity contribution in [3.63, 3.8) is 0 Å². The quantitative estimate of drug-likeness (QED) is 0.405. The van der Waals surface area contributed by atoms with Gasteiger partial charge < -0.3 is 14.7 Å². The molecule has 230 valence electrons. The Morgan fingerprint density at radius 3 is 1.88 bits per heavy atom. The summed E-state index contributed by atoms with van der Waals surface area (Å²) in [7, 11) is 3.86. The zero-order valence-corrected chi connectivity index (χ0v) is 25.5. The number of carbonyl (C=O) groups excluding carboxylic acids is 2. The highest BCUT2D eigenvalue weighted by Crippen LogP contribution is 2.24. The average Bonchev–Trinajstić information content (AvgIpc) is 3.76. The van der Waals surface area contributed by atoms with E-state index in [-0.39, 0.29) is 11.8 Å².